The van der Waals surface area contributed by atoms with Crippen LogP contribution in [0.3, 0.4) is 0 Å². The quantitative estimate of drug-likeness (QED) is 0.760. The van der Waals surface area contributed by atoms with Crippen molar-refractivity contribution in [3.8, 4) is 5.69 Å². The summed E-state index contributed by atoms with van der Waals surface area (Å²) < 4.78 is 7.00. The van der Waals surface area contributed by atoms with Crippen LogP contribution in [0.15, 0.2) is 65.5 Å². The third kappa shape index (κ3) is 3.88. The van der Waals surface area contributed by atoms with Gasteiger partial charge in [-0.25, -0.2) is 4.68 Å². The highest BCUT2D eigenvalue weighted by Gasteiger charge is 2.12. The first kappa shape index (κ1) is 15.1. The molecule has 3 aromatic rings. The Kier molecular flexibility index (Phi) is 4.57. The van der Waals surface area contributed by atoms with Crippen molar-refractivity contribution in [2.75, 3.05) is 0 Å². The first-order valence-corrected chi connectivity index (χ1v) is 7.66. The molecule has 1 atom stereocenters. The molecule has 1 unspecified atom stereocenters. The highest BCUT2D eigenvalue weighted by molar-refractivity contribution is 5.93. The lowest BCUT2D eigenvalue weighted by atomic mass is 10.1. The van der Waals surface area contributed by atoms with Crippen molar-refractivity contribution in [2.45, 2.75) is 25.8 Å². The number of carbonyl (C=O) groups excluding carboxylic acids is 1. The molecule has 0 radical (unpaired) electrons. The Morgan fingerprint density at radius 2 is 2.09 bits per heavy atom. The van der Waals surface area contributed by atoms with Crippen LogP contribution in [0.2, 0.25) is 0 Å². The minimum absolute atomic E-state index is 0.0627. The van der Waals surface area contributed by atoms with Gasteiger partial charge in [0.15, 0.2) is 0 Å². The monoisotopic (exact) mass is 309 g/mol. The highest BCUT2D eigenvalue weighted by atomic mass is 16.3. The van der Waals surface area contributed by atoms with Gasteiger partial charge in [0.1, 0.15) is 5.76 Å². The molecule has 1 N–H and O–H groups in total. The molecule has 23 heavy (non-hydrogen) atoms. The topological polar surface area (TPSA) is 60.1 Å². The molecule has 1 aromatic carbocycles. The van der Waals surface area contributed by atoms with Gasteiger partial charge in [-0.1, -0.05) is 18.2 Å². The predicted octanol–water partition coefficient (Wildman–Crippen LogP) is 3.22. The van der Waals surface area contributed by atoms with Gasteiger partial charge in [-0.3, -0.25) is 4.79 Å². The number of furan rings is 1. The number of benzene rings is 1. The molecule has 0 aliphatic heterocycles. The standard InChI is InChI=1S/C18H19N3O2/c1-14(9-10-17-8-5-11-23-17)20-18(22)15-12-19-21(13-15)16-6-3-2-4-7-16/h2-8,11-14H,9-10H2,1H3,(H,20,22). The van der Waals surface area contributed by atoms with E-state index in [1.54, 1.807) is 23.3 Å². The fourth-order valence-corrected chi connectivity index (χ4v) is 2.35. The van der Waals surface area contributed by atoms with Crippen molar-refractivity contribution < 1.29 is 9.21 Å². The lowest BCUT2D eigenvalue weighted by Gasteiger charge is -2.12. The largest absolute Gasteiger partial charge is 0.469 e. The zero-order valence-corrected chi connectivity index (χ0v) is 13.0. The Morgan fingerprint density at radius 3 is 2.83 bits per heavy atom. The van der Waals surface area contributed by atoms with Crippen molar-refractivity contribution in [3.63, 3.8) is 0 Å². The Bertz CT molecular complexity index is 748. The molecule has 118 valence electrons. The van der Waals surface area contributed by atoms with E-state index in [-0.39, 0.29) is 11.9 Å². The van der Waals surface area contributed by atoms with Crippen molar-refractivity contribution in [1.82, 2.24) is 15.1 Å². The molecule has 5 heteroatoms. The van der Waals surface area contributed by atoms with Gasteiger partial charge in [0, 0.05) is 18.7 Å². The van der Waals surface area contributed by atoms with Gasteiger partial charge in [-0.15, -0.1) is 0 Å². The van der Waals surface area contributed by atoms with Gasteiger partial charge < -0.3 is 9.73 Å². The van der Waals surface area contributed by atoms with E-state index in [1.807, 2.05) is 49.4 Å². The number of carbonyl (C=O) groups is 1. The van der Waals surface area contributed by atoms with Crippen LogP contribution in [0.25, 0.3) is 5.69 Å². The van der Waals surface area contributed by atoms with Crippen molar-refractivity contribution >= 4 is 5.91 Å². The van der Waals surface area contributed by atoms with Crippen LogP contribution in [0.5, 0.6) is 0 Å². The number of rotatable bonds is 6. The summed E-state index contributed by atoms with van der Waals surface area (Å²) in [7, 11) is 0. The van der Waals surface area contributed by atoms with Crippen LogP contribution in [0, 0.1) is 0 Å². The third-order valence-corrected chi connectivity index (χ3v) is 3.65. The smallest absolute Gasteiger partial charge is 0.254 e. The maximum Gasteiger partial charge on any atom is 0.254 e. The number of nitrogens with one attached hydrogen (secondary N) is 1. The van der Waals surface area contributed by atoms with Crippen LogP contribution in [-0.4, -0.2) is 21.7 Å². The summed E-state index contributed by atoms with van der Waals surface area (Å²) in [6.07, 6.45) is 6.62. The van der Waals surface area contributed by atoms with E-state index in [2.05, 4.69) is 10.4 Å². The summed E-state index contributed by atoms with van der Waals surface area (Å²) in [5, 5.41) is 7.23. The first-order chi connectivity index (χ1) is 11.2. The highest BCUT2D eigenvalue weighted by Crippen LogP contribution is 2.09. The van der Waals surface area contributed by atoms with E-state index >= 15 is 0 Å². The number of nitrogens with zero attached hydrogens (tertiary/aromatic N) is 2. The molecule has 0 saturated heterocycles. The lowest BCUT2D eigenvalue weighted by Crippen LogP contribution is -2.32. The summed E-state index contributed by atoms with van der Waals surface area (Å²) in [5.41, 5.74) is 1.48. The van der Waals surface area contributed by atoms with Crippen LogP contribution in [0.1, 0.15) is 29.5 Å². The minimum Gasteiger partial charge on any atom is -0.469 e. The molecule has 2 aromatic heterocycles. The summed E-state index contributed by atoms with van der Waals surface area (Å²) in [6, 6.07) is 13.6. The second-order valence-electron chi connectivity index (χ2n) is 5.50. The lowest BCUT2D eigenvalue weighted by molar-refractivity contribution is 0.0938. The van der Waals surface area contributed by atoms with Gasteiger partial charge in [0.25, 0.3) is 5.91 Å². The third-order valence-electron chi connectivity index (χ3n) is 3.65. The number of aryl methyl sites for hydroxylation is 1. The maximum atomic E-state index is 12.3. The molecule has 0 bridgehead atoms. The van der Waals surface area contributed by atoms with Gasteiger partial charge in [0.2, 0.25) is 0 Å². The Labute approximate surface area is 134 Å². The average Bonchev–Trinajstić information content (AvgIpc) is 3.25. The molecule has 0 fully saturated rings. The summed E-state index contributed by atoms with van der Waals surface area (Å²) in [5.74, 6) is 0.821. The molecule has 3 rings (SSSR count). The van der Waals surface area contributed by atoms with Crippen LogP contribution in [0.4, 0.5) is 0 Å². The van der Waals surface area contributed by atoms with E-state index in [1.165, 1.54) is 0 Å². The molecule has 0 aliphatic carbocycles. The molecule has 2 heterocycles. The predicted molar refractivity (Wildman–Crippen MR) is 87.5 cm³/mol. The molecular formula is C18H19N3O2. The first-order valence-electron chi connectivity index (χ1n) is 7.66. The number of amides is 1. The van der Waals surface area contributed by atoms with E-state index < -0.39 is 0 Å². The van der Waals surface area contributed by atoms with E-state index in [9.17, 15) is 4.79 Å². The van der Waals surface area contributed by atoms with Crippen LogP contribution < -0.4 is 5.32 Å². The van der Waals surface area contributed by atoms with E-state index in [4.69, 9.17) is 4.42 Å². The van der Waals surface area contributed by atoms with Crippen LogP contribution in [-0.2, 0) is 6.42 Å². The number of aromatic nitrogens is 2. The summed E-state index contributed by atoms with van der Waals surface area (Å²) in [4.78, 5) is 12.3. The maximum absolute atomic E-state index is 12.3. The molecular weight excluding hydrogens is 290 g/mol. The van der Waals surface area contributed by atoms with E-state index in [0.717, 1.165) is 24.3 Å². The minimum atomic E-state index is -0.112. The molecule has 0 saturated carbocycles. The van der Waals surface area contributed by atoms with Gasteiger partial charge in [-0.2, -0.15) is 5.10 Å². The zero-order valence-electron chi connectivity index (χ0n) is 13.0. The van der Waals surface area contributed by atoms with Crippen molar-refractivity contribution in [1.29, 1.82) is 0 Å². The molecule has 5 nitrogen and oxygen atoms in total. The zero-order chi connectivity index (χ0) is 16.1. The second-order valence-corrected chi connectivity index (χ2v) is 5.50. The van der Waals surface area contributed by atoms with Gasteiger partial charge in [-0.05, 0) is 37.6 Å². The normalized spacial score (nSPS) is 12.0. The molecule has 0 spiro atoms. The number of hydrogen-bond donors (Lipinski definition) is 1. The summed E-state index contributed by atoms with van der Waals surface area (Å²) >= 11 is 0. The van der Waals surface area contributed by atoms with Gasteiger partial charge >= 0.3 is 0 Å². The Morgan fingerprint density at radius 1 is 1.26 bits per heavy atom. The molecule has 1 amide bonds. The van der Waals surface area contributed by atoms with Crippen molar-refractivity contribution in [2.24, 2.45) is 0 Å². The number of hydrogen-bond acceptors (Lipinski definition) is 3. The Balaban J connectivity index is 1.57. The Hall–Kier alpha value is -2.82. The SMILES string of the molecule is CC(CCc1ccco1)NC(=O)c1cnn(-c2ccccc2)c1. The second kappa shape index (κ2) is 6.96. The fraction of sp³-hybridized carbons (Fsp3) is 0.222. The fourth-order valence-electron chi connectivity index (χ4n) is 2.35. The van der Waals surface area contributed by atoms with Crippen LogP contribution >= 0.6 is 0 Å². The summed E-state index contributed by atoms with van der Waals surface area (Å²) in [6.45, 7) is 1.99. The average molecular weight is 309 g/mol. The number of para-hydroxylation sites is 1. The van der Waals surface area contributed by atoms with Gasteiger partial charge in [0.05, 0.1) is 23.7 Å². The molecule has 0 aliphatic rings. The van der Waals surface area contributed by atoms with E-state index in [0.29, 0.717) is 5.56 Å². The van der Waals surface area contributed by atoms with Crippen molar-refractivity contribution in [3.05, 3.63) is 72.4 Å².